The highest BCUT2D eigenvalue weighted by Gasteiger charge is 2.30. The van der Waals surface area contributed by atoms with Crippen LogP contribution in [-0.4, -0.2) is 40.4 Å². The van der Waals surface area contributed by atoms with Gasteiger partial charge in [-0.15, -0.1) is 0 Å². The molecule has 2 aromatic carbocycles. The average Bonchev–Trinajstić information content (AvgIpc) is 3.11. The van der Waals surface area contributed by atoms with E-state index < -0.39 is 0 Å². The number of aromatic amines is 1. The molecule has 1 amide bonds. The molecule has 0 spiro atoms. The maximum atomic E-state index is 13.2. The molecule has 0 radical (unpaired) electrons. The summed E-state index contributed by atoms with van der Waals surface area (Å²) in [5.41, 5.74) is 4.45. The number of carbonyl (C=O) groups excluding carboxylic acids is 2. The molecule has 0 saturated carbocycles. The van der Waals surface area contributed by atoms with E-state index in [0.717, 1.165) is 28.7 Å². The first kappa shape index (κ1) is 15.6. The Kier molecular flexibility index (Phi) is 3.27. The Balaban J connectivity index is 1.64. The number of hydrogen-bond donors (Lipinski definition) is 2. The van der Waals surface area contributed by atoms with Crippen molar-refractivity contribution in [2.75, 3.05) is 18.9 Å². The van der Waals surface area contributed by atoms with E-state index in [1.54, 1.807) is 24.4 Å². The highest BCUT2D eigenvalue weighted by atomic mass is 16.2. The van der Waals surface area contributed by atoms with Crippen LogP contribution in [0.3, 0.4) is 0 Å². The molecule has 1 aliphatic carbocycles. The standard InChI is InChI=1S/C21H16N4O2/c1-25-10-4-5-12(11-25)21(27)22-15-8-9-16-17-18(15)20(26)14-7-3-2-6-13(14)19(17)24-23-16/h2-9,11H,10H2,1H3,(H,22,27)(H,23,24). The number of carbonyl (C=O) groups is 2. The van der Waals surface area contributed by atoms with E-state index in [4.69, 9.17) is 0 Å². The molecule has 2 aliphatic rings. The molecule has 0 unspecified atom stereocenters. The number of ketones is 1. The zero-order valence-electron chi connectivity index (χ0n) is 14.6. The largest absolute Gasteiger partial charge is 0.376 e. The summed E-state index contributed by atoms with van der Waals surface area (Å²) in [5.74, 6) is -0.351. The van der Waals surface area contributed by atoms with Gasteiger partial charge in [0.25, 0.3) is 5.91 Å². The molecule has 0 saturated heterocycles. The third kappa shape index (κ3) is 2.30. The second kappa shape index (κ2) is 5.67. The molecule has 1 aromatic heterocycles. The van der Waals surface area contributed by atoms with Gasteiger partial charge in [-0.25, -0.2) is 0 Å². The van der Waals surface area contributed by atoms with Crippen molar-refractivity contribution >= 4 is 28.3 Å². The van der Waals surface area contributed by atoms with Gasteiger partial charge in [-0.1, -0.05) is 36.4 Å². The van der Waals surface area contributed by atoms with Crippen molar-refractivity contribution < 1.29 is 9.59 Å². The van der Waals surface area contributed by atoms with Crippen molar-refractivity contribution in [2.45, 2.75) is 0 Å². The van der Waals surface area contributed by atoms with E-state index in [9.17, 15) is 9.59 Å². The molecule has 0 atom stereocenters. The highest BCUT2D eigenvalue weighted by molar-refractivity contribution is 6.28. The topological polar surface area (TPSA) is 78.1 Å². The molecule has 1 aliphatic heterocycles. The van der Waals surface area contributed by atoms with Crippen LogP contribution >= 0.6 is 0 Å². The molecule has 2 N–H and O–H groups in total. The molecule has 27 heavy (non-hydrogen) atoms. The molecule has 3 aromatic rings. The van der Waals surface area contributed by atoms with Crippen molar-refractivity contribution in [3.8, 4) is 11.3 Å². The fourth-order valence-electron chi connectivity index (χ4n) is 3.68. The number of likely N-dealkylation sites (N-methyl/N-ethyl adjacent to an activating group) is 1. The van der Waals surface area contributed by atoms with Crippen LogP contribution in [0, 0.1) is 0 Å². The number of hydrogen-bond acceptors (Lipinski definition) is 4. The second-order valence-electron chi connectivity index (χ2n) is 6.74. The van der Waals surface area contributed by atoms with Gasteiger partial charge < -0.3 is 10.2 Å². The lowest BCUT2D eigenvalue weighted by molar-refractivity contribution is -0.112. The quantitative estimate of drug-likeness (QED) is 0.578. The van der Waals surface area contributed by atoms with Gasteiger partial charge in [0.15, 0.2) is 5.78 Å². The smallest absolute Gasteiger partial charge is 0.257 e. The first-order valence-corrected chi connectivity index (χ1v) is 8.68. The minimum Gasteiger partial charge on any atom is -0.376 e. The summed E-state index contributed by atoms with van der Waals surface area (Å²) >= 11 is 0. The van der Waals surface area contributed by atoms with E-state index >= 15 is 0 Å². The van der Waals surface area contributed by atoms with E-state index in [-0.39, 0.29) is 11.7 Å². The van der Waals surface area contributed by atoms with Crippen LogP contribution < -0.4 is 5.32 Å². The lowest BCUT2D eigenvalue weighted by atomic mass is 9.86. The zero-order valence-corrected chi connectivity index (χ0v) is 14.6. The molecule has 0 fully saturated rings. The summed E-state index contributed by atoms with van der Waals surface area (Å²) < 4.78 is 0. The molecule has 0 bridgehead atoms. The Morgan fingerprint density at radius 1 is 1.19 bits per heavy atom. The summed E-state index contributed by atoms with van der Waals surface area (Å²) in [4.78, 5) is 27.8. The van der Waals surface area contributed by atoms with Crippen molar-refractivity contribution in [3.63, 3.8) is 0 Å². The number of nitrogens with zero attached hydrogens (tertiary/aromatic N) is 2. The van der Waals surface area contributed by atoms with E-state index in [2.05, 4.69) is 15.5 Å². The van der Waals surface area contributed by atoms with Gasteiger partial charge in [0.1, 0.15) is 5.69 Å². The molecular weight excluding hydrogens is 340 g/mol. The van der Waals surface area contributed by atoms with Crippen LogP contribution in [-0.2, 0) is 4.79 Å². The normalized spacial score (nSPS) is 14.9. The third-order valence-electron chi connectivity index (χ3n) is 4.94. The Labute approximate surface area is 155 Å². The maximum Gasteiger partial charge on any atom is 0.257 e. The van der Waals surface area contributed by atoms with Crippen molar-refractivity contribution in [2.24, 2.45) is 0 Å². The fourth-order valence-corrected chi connectivity index (χ4v) is 3.68. The van der Waals surface area contributed by atoms with Gasteiger partial charge >= 0.3 is 0 Å². The Hall–Kier alpha value is -3.67. The van der Waals surface area contributed by atoms with Crippen molar-refractivity contribution in [1.82, 2.24) is 15.1 Å². The molecule has 2 heterocycles. The van der Waals surface area contributed by atoms with Crippen LogP contribution in [0.5, 0.6) is 0 Å². The van der Waals surface area contributed by atoms with Gasteiger partial charge in [-0.05, 0) is 12.1 Å². The van der Waals surface area contributed by atoms with Crippen LogP contribution in [0.4, 0.5) is 5.69 Å². The fraction of sp³-hybridized carbons (Fsp3) is 0.0952. The number of benzene rings is 2. The Bertz CT molecular complexity index is 1190. The van der Waals surface area contributed by atoms with E-state index in [0.29, 0.717) is 22.4 Å². The summed E-state index contributed by atoms with van der Waals surface area (Å²) in [7, 11) is 1.91. The number of nitrogens with one attached hydrogen (secondary N) is 2. The Morgan fingerprint density at radius 3 is 2.81 bits per heavy atom. The van der Waals surface area contributed by atoms with Crippen molar-refractivity contribution in [1.29, 1.82) is 0 Å². The summed E-state index contributed by atoms with van der Waals surface area (Å²) in [6.07, 6.45) is 5.51. The second-order valence-corrected chi connectivity index (χ2v) is 6.74. The molecule has 6 nitrogen and oxygen atoms in total. The van der Waals surface area contributed by atoms with Gasteiger partial charge in [-0.2, -0.15) is 5.10 Å². The minimum absolute atomic E-state index is 0.106. The number of amides is 1. The minimum atomic E-state index is -0.245. The summed E-state index contributed by atoms with van der Waals surface area (Å²) in [6, 6.07) is 11.0. The lowest BCUT2D eigenvalue weighted by Crippen LogP contribution is -2.22. The lowest BCUT2D eigenvalue weighted by Gasteiger charge is -2.20. The SMILES string of the molecule is CN1C=C(C(=O)Nc2ccc3[nH]nc4c3c2C(=O)c2ccccc2-4)C=CC1. The highest BCUT2D eigenvalue weighted by Crippen LogP contribution is 2.40. The molecular formula is C21H16N4O2. The maximum absolute atomic E-state index is 13.2. The van der Waals surface area contributed by atoms with Gasteiger partial charge in [0, 0.05) is 36.3 Å². The molecule has 132 valence electrons. The predicted octanol–water partition coefficient (Wildman–Crippen LogP) is 3.10. The van der Waals surface area contributed by atoms with E-state index in [1.165, 1.54) is 0 Å². The van der Waals surface area contributed by atoms with Gasteiger partial charge in [-0.3, -0.25) is 14.7 Å². The number of anilines is 1. The molecule has 6 heteroatoms. The van der Waals surface area contributed by atoms with Crippen LogP contribution in [0.15, 0.2) is 60.3 Å². The summed E-state index contributed by atoms with van der Waals surface area (Å²) in [5, 5.41) is 11.0. The van der Waals surface area contributed by atoms with Crippen LogP contribution in [0.25, 0.3) is 22.2 Å². The number of H-pyrrole nitrogens is 1. The first-order chi connectivity index (χ1) is 13.1. The number of aromatic nitrogens is 2. The van der Waals surface area contributed by atoms with Crippen molar-refractivity contribution in [3.05, 3.63) is 71.5 Å². The van der Waals surface area contributed by atoms with E-state index in [1.807, 2.05) is 42.3 Å². The average molecular weight is 356 g/mol. The predicted molar refractivity (Wildman–Crippen MR) is 103 cm³/mol. The monoisotopic (exact) mass is 356 g/mol. The first-order valence-electron chi connectivity index (χ1n) is 8.68. The number of fused-ring (bicyclic) bond motifs is 2. The summed E-state index contributed by atoms with van der Waals surface area (Å²) in [6.45, 7) is 0.766. The molecule has 5 rings (SSSR count). The van der Waals surface area contributed by atoms with Gasteiger partial charge in [0.05, 0.1) is 22.3 Å². The number of rotatable bonds is 2. The van der Waals surface area contributed by atoms with Gasteiger partial charge in [0.2, 0.25) is 0 Å². The zero-order chi connectivity index (χ0) is 18.5. The van der Waals surface area contributed by atoms with Crippen LogP contribution in [0.2, 0.25) is 0 Å². The van der Waals surface area contributed by atoms with Crippen LogP contribution in [0.1, 0.15) is 15.9 Å². The Morgan fingerprint density at radius 2 is 2.00 bits per heavy atom. The third-order valence-corrected chi connectivity index (χ3v) is 4.94.